The molecule has 0 saturated heterocycles. The van der Waals surface area contributed by atoms with E-state index in [2.05, 4.69) is 9.72 Å². The maximum absolute atomic E-state index is 12.4. The number of ether oxygens (including phenoxy) is 1. The summed E-state index contributed by atoms with van der Waals surface area (Å²) in [6, 6.07) is 0. The zero-order valence-electron chi connectivity index (χ0n) is 6.52. The molecular formula is C7H5Cl2F2NO. The van der Waals surface area contributed by atoms with Crippen molar-refractivity contribution in [2.24, 2.45) is 0 Å². The number of halogens is 4. The fourth-order valence-electron chi connectivity index (χ4n) is 0.804. The van der Waals surface area contributed by atoms with E-state index in [1.807, 2.05) is 0 Å². The van der Waals surface area contributed by atoms with E-state index in [0.29, 0.717) is 0 Å². The normalized spacial score (nSPS) is 10.6. The van der Waals surface area contributed by atoms with E-state index in [1.165, 1.54) is 7.11 Å². The number of hydrogen-bond acceptors (Lipinski definition) is 2. The van der Waals surface area contributed by atoms with Crippen LogP contribution in [0.3, 0.4) is 0 Å². The highest BCUT2D eigenvalue weighted by Gasteiger charge is 2.20. The summed E-state index contributed by atoms with van der Waals surface area (Å²) < 4.78 is 29.4. The van der Waals surface area contributed by atoms with Gasteiger partial charge in [-0.25, -0.2) is 13.8 Å². The molecule has 0 atom stereocenters. The second-order valence-electron chi connectivity index (χ2n) is 2.14. The lowest BCUT2D eigenvalue weighted by Crippen LogP contribution is -1.95. The summed E-state index contributed by atoms with van der Waals surface area (Å²) >= 11 is 11.0. The van der Waals surface area contributed by atoms with Crippen LogP contribution in [0.4, 0.5) is 8.78 Å². The van der Waals surface area contributed by atoms with Crippen molar-refractivity contribution in [1.29, 1.82) is 0 Å². The number of aromatic nitrogens is 1. The van der Waals surface area contributed by atoms with E-state index in [9.17, 15) is 8.78 Å². The van der Waals surface area contributed by atoms with Crippen molar-refractivity contribution in [2.75, 3.05) is 7.11 Å². The third-order valence-electron chi connectivity index (χ3n) is 1.39. The Kier molecular flexibility index (Phi) is 3.27. The van der Waals surface area contributed by atoms with Crippen LogP contribution in [-0.2, 0) is 0 Å². The minimum Gasteiger partial charge on any atom is -0.480 e. The molecule has 0 aliphatic rings. The maximum Gasteiger partial charge on any atom is 0.266 e. The quantitative estimate of drug-likeness (QED) is 0.774. The monoisotopic (exact) mass is 227 g/mol. The Labute approximate surface area is 83.4 Å². The Balaban J connectivity index is 3.30. The Bertz CT molecular complexity index is 320. The number of pyridine rings is 1. The standard InChI is InChI=1S/C7H5Cl2F2NO/c1-13-7-5(9)4(6(10)11)3(8)2-12-7/h2,6H,1H3. The predicted octanol–water partition coefficient (Wildman–Crippen LogP) is 3.33. The summed E-state index contributed by atoms with van der Waals surface area (Å²) in [5.41, 5.74) is -0.449. The van der Waals surface area contributed by atoms with E-state index in [4.69, 9.17) is 23.2 Å². The molecule has 72 valence electrons. The van der Waals surface area contributed by atoms with Gasteiger partial charge in [0.2, 0.25) is 5.88 Å². The van der Waals surface area contributed by atoms with Gasteiger partial charge >= 0.3 is 0 Å². The smallest absolute Gasteiger partial charge is 0.266 e. The Hall–Kier alpha value is -0.610. The summed E-state index contributed by atoms with van der Waals surface area (Å²) in [5, 5.41) is -0.411. The highest BCUT2D eigenvalue weighted by atomic mass is 35.5. The van der Waals surface area contributed by atoms with Gasteiger partial charge in [0, 0.05) is 0 Å². The van der Waals surface area contributed by atoms with Crippen LogP contribution in [0.15, 0.2) is 6.20 Å². The molecule has 0 bridgehead atoms. The summed E-state index contributed by atoms with van der Waals surface area (Å²) in [4.78, 5) is 3.62. The fraction of sp³-hybridized carbons (Fsp3) is 0.286. The molecule has 2 nitrogen and oxygen atoms in total. The molecule has 0 amide bonds. The molecule has 0 N–H and O–H groups in total. The van der Waals surface area contributed by atoms with E-state index >= 15 is 0 Å². The van der Waals surface area contributed by atoms with Gasteiger partial charge in [0.15, 0.2) is 0 Å². The van der Waals surface area contributed by atoms with Crippen molar-refractivity contribution in [1.82, 2.24) is 4.98 Å². The van der Waals surface area contributed by atoms with Crippen molar-refractivity contribution < 1.29 is 13.5 Å². The van der Waals surface area contributed by atoms with Crippen LogP contribution < -0.4 is 4.74 Å². The van der Waals surface area contributed by atoms with Crippen LogP contribution in [0.2, 0.25) is 10.0 Å². The van der Waals surface area contributed by atoms with Crippen molar-refractivity contribution in [3.05, 3.63) is 21.8 Å². The van der Waals surface area contributed by atoms with Crippen molar-refractivity contribution in [2.45, 2.75) is 6.43 Å². The summed E-state index contributed by atoms with van der Waals surface area (Å²) in [6.45, 7) is 0. The van der Waals surface area contributed by atoms with Gasteiger partial charge in [-0.15, -0.1) is 0 Å². The zero-order valence-corrected chi connectivity index (χ0v) is 8.03. The fourth-order valence-corrected chi connectivity index (χ4v) is 1.39. The van der Waals surface area contributed by atoms with Crippen LogP contribution in [0.25, 0.3) is 0 Å². The molecule has 0 saturated carbocycles. The van der Waals surface area contributed by atoms with Gasteiger partial charge in [-0.05, 0) is 0 Å². The molecule has 0 spiro atoms. The lowest BCUT2D eigenvalue weighted by atomic mass is 10.3. The number of nitrogens with zero attached hydrogens (tertiary/aromatic N) is 1. The Morgan fingerprint density at radius 2 is 2.08 bits per heavy atom. The van der Waals surface area contributed by atoms with Gasteiger partial charge in [0.1, 0.15) is 5.02 Å². The molecule has 1 aromatic rings. The lowest BCUT2D eigenvalue weighted by molar-refractivity contribution is 0.151. The second-order valence-corrected chi connectivity index (χ2v) is 2.93. The minimum atomic E-state index is -2.74. The first-order valence-electron chi connectivity index (χ1n) is 3.24. The SMILES string of the molecule is COc1ncc(Cl)c(C(F)F)c1Cl. The third-order valence-corrected chi connectivity index (χ3v) is 2.05. The van der Waals surface area contributed by atoms with Gasteiger partial charge in [-0.1, -0.05) is 23.2 Å². The molecule has 0 aliphatic heterocycles. The molecule has 0 fully saturated rings. The van der Waals surface area contributed by atoms with Crippen LogP contribution in [0.1, 0.15) is 12.0 Å². The van der Waals surface area contributed by atoms with Gasteiger partial charge < -0.3 is 4.74 Å². The van der Waals surface area contributed by atoms with Gasteiger partial charge in [-0.2, -0.15) is 0 Å². The molecule has 0 aliphatic carbocycles. The van der Waals surface area contributed by atoms with Crippen molar-refractivity contribution in [3.8, 4) is 5.88 Å². The molecule has 0 unspecified atom stereocenters. The molecule has 1 aromatic heterocycles. The summed E-state index contributed by atoms with van der Waals surface area (Å²) in [7, 11) is 1.29. The van der Waals surface area contributed by atoms with E-state index in [1.54, 1.807) is 0 Å². The second kappa shape index (κ2) is 4.07. The van der Waals surface area contributed by atoms with Crippen LogP contribution in [0, 0.1) is 0 Å². The molecule has 1 heterocycles. The molecule has 1 rings (SSSR count). The zero-order chi connectivity index (χ0) is 10.0. The van der Waals surface area contributed by atoms with Crippen molar-refractivity contribution >= 4 is 23.2 Å². The molecule has 0 radical (unpaired) electrons. The van der Waals surface area contributed by atoms with Crippen LogP contribution in [0.5, 0.6) is 5.88 Å². The summed E-state index contributed by atoms with van der Waals surface area (Å²) in [6.07, 6.45) is -1.66. The molecule has 6 heteroatoms. The van der Waals surface area contributed by atoms with E-state index in [0.717, 1.165) is 6.20 Å². The van der Waals surface area contributed by atoms with Gasteiger partial charge in [0.05, 0.1) is 23.9 Å². The van der Waals surface area contributed by atoms with E-state index < -0.39 is 12.0 Å². The number of hydrogen-bond donors (Lipinski definition) is 0. The largest absolute Gasteiger partial charge is 0.480 e. The highest BCUT2D eigenvalue weighted by Crippen LogP contribution is 2.37. The van der Waals surface area contributed by atoms with E-state index in [-0.39, 0.29) is 15.9 Å². The third kappa shape index (κ3) is 2.00. The maximum atomic E-state index is 12.4. The molecular weight excluding hydrogens is 223 g/mol. The Morgan fingerprint density at radius 1 is 1.46 bits per heavy atom. The number of methoxy groups -OCH3 is 1. The van der Waals surface area contributed by atoms with Gasteiger partial charge in [0.25, 0.3) is 6.43 Å². The first-order chi connectivity index (χ1) is 6.07. The minimum absolute atomic E-state index is 0.0543. The van der Waals surface area contributed by atoms with Crippen LogP contribution in [-0.4, -0.2) is 12.1 Å². The number of alkyl halides is 2. The topological polar surface area (TPSA) is 22.1 Å². The Morgan fingerprint density at radius 3 is 2.54 bits per heavy atom. The lowest BCUT2D eigenvalue weighted by Gasteiger charge is -2.08. The average Bonchev–Trinajstić information content (AvgIpc) is 2.04. The summed E-state index contributed by atoms with van der Waals surface area (Å²) in [5.74, 6) is -0.0543. The van der Waals surface area contributed by atoms with Crippen LogP contribution >= 0.6 is 23.2 Å². The predicted molar refractivity (Wildman–Crippen MR) is 45.8 cm³/mol. The highest BCUT2D eigenvalue weighted by molar-refractivity contribution is 6.36. The molecule has 13 heavy (non-hydrogen) atoms. The first-order valence-corrected chi connectivity index (χ1v) is 3.99. The average molecular weight is 228 g/mol. The molecule has 0 aromatic carbocycles. The van der Waals surface area contributed by atoms with Gasteiger partial charge in [-0.3, -0.25) is 0 Å². The number of rotatable bonds is 2. The van der Waals surface area contributed by atoms with Crippen molar-refractivity contribution in [3.63, 3.8) is 0 Å². The first kappa shape index (κ1) is 10.5.